The van der Waals surface area contributed by atoms with Crippen LogP contribution in [0.15, 0.2) is 23.3 Å². The minimum absolute atomic E-state index is 0.219. The van der Waals surface area contributed by atoms with Gasteiger partial charge in [-0.2, -0.15) is 0 Å². The summed E-state index contributed by atoms with van der Waals surface area (Å²) in [5, 5.41) is 0. The highest BCUT2D eigenvalue weighted by molar-refractivity contribution is 6.00. The summed E-state index contributed by atoms with van der Waals surface area (Å²) in [5.41, 5.74) is 2.69. The molecule has 0 N–H and O–H groups in total. The molecule has 0 atom stereocenters. The van der Waals surface area contributed by atoms with Crippen molar-refractivity contribution in [1.82, 2.24) is 0 Å². The molecule has 0 saturated heterocycles. The first-order chi connectivity index (χ1) is 11.4. The molecule has 1 nitrogen and oxygen atoms in total. The van der Waals surface area contributed by atoms with Gasteiger partial charge in [0.1, 0.15) is 0 Å². The van der Waals surface area contributed by atoms with Crippen LogP contribution in [-0.2, 0) is 4.79 Å². The van der Waals surface area contributed by atoms with Gasteiger partial charge in [0, 0.05) is 0 Å². The lowest BCUT2D eigenvalue weighted by molar-refractivity contribution is -0.110. The smallest absolute Gasteiger partial charge is 0.178 e. The van der Waals surface area contributed by atoms with E-state index < -0.39 is 0 Å². The number of rotatable bonds is 14. The Morgan fingerprint density at radius 2 is 1.08 bits per heavy atom. The maximum absolute atomic E-state index is 12.5. The highest BCUT2D eigenvalue weighted by Crippen LogP contribution is 2.19. The van der Waals surface area contributed by atoms with Crippen LogP contribution < -0.4 is 0 Å². The van der Waals surface area contributed by atoms with Crippen LogP contribution in [0.3, 0.4) is 0 Å². The SMILES string of the molecule is CCCC(=CC(=O)C=C(CCC)CCCC(C)C)CCCC(C)C. The average molecular weight is 335 g/mol. The molecule has 1 heteroatoms. The number of ketones is 1. The third-order valence-corrected chi connectivity index (χ3v) is 4.39. The van der Waals surface area contributed by atoms with Crippen molar-refractivity contribution in [2.45, 2.75) is 106 Å². The topological polar surface area (TPSA) is 17.1 Å². The van der Waals surface area contributed by atoms with Crippen molar-refractivity contribution in [3.63, 3.8) is 0 Å². The summed E-state index contributed by atoms with van der Waals surface area (Å²) in [6.07, 6.45) is 15.3. The van der Waals surface area contributed by atoms with Crippen LogP contribution in [0.5, 0.6) is 0 Å². The van der Waals surface area contributed by atoms with Gasteiger partial charge < -0.3 is 0 Å². The number of hydrogen-bond donors (Lipinski definition) is 0. The molecule has 0 heterocycles. The highest BCUT2D eigenvalue weighted by Gasteiger charge is 2.05. The predicted octanol–water partition coefficient (Wildman–Crippen LogP) is 7.66. The zero-order valence-corrected chi connectivity index (χ0v) is 17.3. The average Bonchev–Trinajstić information content (AvgIpc) is 2.46. The summed E-state index contributed by atoms with van der Waals surface area (Å²) in [6, 6.07) is 0. The van der Waals surface area contributed by atoms with E-state index in [1.807, 2.05) is 12.2 Å². The maximum Gasteiger partial charge on any atom is 0.178 e. The lowest BCUT2D eigenvalue weighted by Crippen LogP contribution is -1.97. The minimum atomic E-state index is 0.219. The van der Waals surface area contributed by atoms with Crippen LogP contribution in [0.2, 0.25) is 0 Å². The molecule has 0 aromatic heterocycles. The molecular formula is C23H42O. The molecule has 0 aliphatic heterocycles. The van der Waals surface area contributed by atoms with E-state index in [9.17, 15) is 4.79 Å². The van der Waals surface area contributed by atoms with E-state index in [0.29, 0.717) is 0 Å². The molecule has 0 rings (SSSR count). The minimum Gasteiger partial charge on any atom is -0.290 e. The second-order valence-electron chi connectivity index (χ2n) is 8.08. The molecule has 0 unspecified atom stereocenters. The Hall–Kier alpha value is -0.850. The van der Waals surface area contributed by atoms with Gasteiger partial charge in [-0.25, -0.2) is 0 Å². The first-order valence-electron chi connectivity index (χ1n) is 10.3. The van der Waals surface area contributed by atoms with Gasteiger partial charge >= 0.3 is 0 Å². The van der Waals surface area contributed by atoms with Crippen LogP contribution in [-0.4, -0.2) is 5.78 Å². The number of carbonyl (C=O) groups excluding carboxylic acids is 1. The van der Waals surface area contributed by atoms with E-state index >= 15 is 0 Å². The van der Waals surface area contributed by atoms with E-state index in [1.165, 1.54) is 36.8 Å². The Balaban J connectivity index is 4.73. The van der Waals surface area contributed by atoms with Crippen molar-refractivity contribution in [2.24, 2.45) is 11.8 Å². The summed E-state index contributed by atoms with van der Waals surface area (Å²) in [6.45, 7) is 13.5. The second kappa shape index (κ2) is 14.5. The quantitative estimate of drug-likeness (QED) is 0.298. The fraction of sp³-hybridized carbons (Fsp3) is 0.783. The molecule has 0 saturated carbocycles. The molecule has 140 valence electrons. The molecule has 0 fully saturated rings. The first-order valence-corrected chi connectivity index (χ1v) is 10.3. The second-order valence-corrected chi connectivity index (χ2v) is 8.08. The van der Waals surface area contributed by atoms with Crippen LogP contribution in [0.25, 0.3) is 0 Å². The van der Waals surface area contributed by atoms with Crippen molar-refractivity contribution in [3.8, 4) is 0 Å². The fourth-order valence-corrected chi connectivity index (χ4v) is 3.10. The van der Waals surface area contributed by atoms with Crippen molar-refractivity contribution in [2.75, 3.05) is 0 Å². The van der Waals surface area contributed by atoms with Gasteiger partial charge in [0.15, 0.2) is 5.78 Å². The van der Waals surface area contributed by atoms with E-state index in [4.69, 9.17) is 0 Å². The Labute approximate surface area is 152 Å². The van der Waals surface area contributed by atoms with Crippen molar-refractivity contribution in [1.29, 1.82) is 0 Å². The molecule has 24 heavy (non-hydrogen) atoms. The van der Waals surface area contributed by atoms with Crippen molar-refractivity contribution in [3.05, 3.63) is 23.3 Å². The Bertz CT molecular complexity index is 349. The third kappa shape index (κ3) is 13.6. The Morgan fingerprint density at radius 3 is 1.38 bits per heavy atom. The predicted molar refractivity (Wildman–Crippen MR) is 108 cm³/mol. The summed E-state index contributed by atoms with van der Waals surface area (Å²) < 4.78 is 0. The zero-order valence-electron chi connectivity index (χ0n) is 17.3. The largest absolute Gasteiger partial charge is 0.290 e. The van der Waals surface area contributed by atoms with Gasteiger partial charge in [0.05, 0.1) is 0 Å². The Kier molecular flexibility index (Phi) is 14.0. The van der Waals surface area contributed by atoms with Gasteiger partial charge in [-0.1, -0.05) is 78.4 Å². The molecular weight excluding hydrogens is 292 g/mol. The summed E-state index contributed by atoms with van der Waals surface area (Å²) in [4.78, 5) is 12.5. The molecule has 0 bridgehead atoms. The van der Waals surface area contributed by atoms with Crippen LogP contribution >= 0.6 is 0 Å². The fourth-order valence-electron chi connectivity index (χ4n) is 3.10. The lowest BCUT2D eigenvalue weighted by Gasteiger charge is -2.09. The van der Waals surface area contributed by atoms with Gasteiger partial charge in [-0.3, -0.25) is 4.79 Å². The Morgan fingerprint density at radius 1 is 0.708 bits per heavy atom. The summed E-state index contributed by atoms with van der Waals surface area (Å²) >= 11 is 0. The zero-order chi connectivity index (χ0) is 18.4. The molecule has 0 amide bonds. The molecule has 0 aliphatic carbocycles. The van der Waals surface area contributed by atoms with Crippen molar-refractivity contribution >= 4 is 5.78 Å². The van der Waals surface area contributed by atoms with Gasteiger partial charge in [-0.05, 0) is 62.5 Å². The summed E-state index contributed by atoms with van der Waals surface area (Å²) in [5.74, 6) is 1.72. The standard InChI is InChI=1S/C23H42O/c1-7-11-21(15-9-13-19(3)4)17-23(24)18-22(12-8-2)16-10-14-20(5)6/h17-20H,7-16H2,1-6H3. The lowest BCUT2D eigenvalue weighted by atomic mass is 9.97. The van der Waals surface area contributed by atoms with Gasteiger partial charge in [0.2, 0.25) is 0 Å². The van der Waals surface area contributed by atoms with Crippen LogP contribution in [0.4, 0.5) is 0 Å². The number of hydrogen-bond acceptors (Lipinski definition) is 1. The van der Waals surface area contributed by atoms with E-state index in [-0.39, 0.29) is 5.78 Å². The normalized spacial score (nSPS) is 13.2. The number of carbonyl (C=O) groups is 1. The first kappa shape index (κ1) is 23.1. The molecule has 0 aromatic carbocycles. The van der Waals surface area contributed by atoms with Gasteiger partial charge in [0.25, 0.3) is 0 Å². The van der Waals surface area contributed by atoms with E-state index in [2.05, 4.69) is 41.5 Å². The molecule has 0 radical (unpaired) electrons. The maximum atomic E-state index is 12.5. The van der Waals surface area contributed by atoms with Crippen molar-refractivity contribution < 1.29 is 4.79 Å². The molecule has 0 aliphatic rings. The van der Waals surface area contributed by atoms with E-state index in [0.717, 1.165) is 50.4 Å². The van der Waals surface area contributed by atoms with E-state index in [1.54, 1.807) is 0 Å². The number of allylic oxidation sites excluding steroid dienone is 4. The van der Waals surface area contributed by atoms with Crippen LogP contribution in [0, 0.1) is 11.8 Å². The summed E-state index contributed by atoms with van der Waals surface area (Å²) in [7, 11) is 0. The third-order valence-electron chi connectivity index (χ3n) is 4.39. The molecule has 0 aromatic rings. The highest BCUT2D eigenvalue weighted by atomic mass is 16.1. The van der Waals surface area contributed by atoms with Gasteiger partial charge in [-0.15, -0.1) is 0 Å². The van der Waals surface area contributed by atoms with Crippen LogP contribution in [0.1, 0.15) is 106 Å². The monoisotopic (exact) mass is 334 g/mol. The molecule has 0 spiro atoms.